The highest BCUT2D eigenvalue weighted by molar-refractivity contribution is 6.30. The Labute approximate surface area is 152 Å². The number of nitrogens with zero attached hydrogens (tertiary/aromatic N) is 2. The number of carbonyl (C=O) groups is 3. The van der Waals surface area contributed by atoms with E-state index < -0.39 is 17.5 Å². The van der Waals surface area contributed by atoms with Gasteiger partial charge in [-0.2, -0.15) is 0 Å². The van der Waals surface area contributed by atoms with Crippen LogP contribution < -0.4 is 5.32 Å². The van der Waals surface area contributed by atoms with Crippen LogP contribution in [-0.2, 0) is 15.1 Å². The van der Waals surface area contributed by atoms with E-state index in [1.807, 2.05) is 0 Å². The molecule has 2 fully saturated rings. The SMILES string of the molecule is CC1CCN(C(=O)CN2C(=O)N[C@@](C)(c3ccc(Cl)cc3)C2=O)CC1. The highest BCUT2D eigenvalue weighted by atomic mass is 35.5. The molecule has 3 rings (SSSR count). The molecule has 134 valence electrons. The zero-order valence-corrected chi connectivity index (χ0v) is 15.2. The van der Waals surface area contributed by atoms with Gasteiger partial charge in [-0.1, -0.05) is 30.7 Å². The molecule has 6 nitrogen and oxygen atoms in total. The van der Waals surface area contributed by atoms with Gasteiger partial charge in [0.1, 0.15) is 12.1 Å². The van der Waals surface area contributed by atoms with Gasteiger partial charge >= 0.3 is 6.03 Å². The van der Waals surface area contributed by atoms with Crippen LogP contribution in [0.1, 0.15) is 32.3 Å². The van der Waals surface area contributed by atoms with Crippen LogP contribution in [0, 0.1) is 5.92 Å². The van der Waals surface area contributed by atoms with E-state index in [1.54, 1.807) is 36.1 Å². The normalized spacial score (nSPS) is 24.6. The molecule has 0 aliphatic carbocycles. The Hall–Kier alpha value is -2.08. The van der Waals surface area contributed by atoms with Crippen LogP contribution in [0.3, 0.4) is 0 Å². The molecule has 1 N–H and O–H groups in total. The van der Waals surface area contributed by atoms with E-state index in [2.05, 4.69) is 12.2 Å². The van der Waals surface area contributed by atoms with Crippen molar-refractivity contribution in [3.63, 3.8) is 0 Å². The van der Waals surface area contributed by atoms with Gasteiger partial charge in [-0.25, -0.2) is 4.79 Å². The number of hydrogen-bond donors (Lipinski definition) is 1. The number of likely N-dealkylation sites (tertiary alicyclic amines) is 1. The Morgan fingerprint density at radius 1 is 1.24 bits per heavy atom. The van der Waals surface area contributed by atoms with Gasteiger partial charge < -0.3 is 10.2 Å². The minimum absolute atomic E-state index is 0.184. The van der Waals surface area contributed by atoms with Crippen molar-refractivity contribution in [2.75, 3.05) is 19.6 Å². The third-order valence-electron chi connectivity index (χ3n) is 5.13. The summed E-state index contributed by atoms with van der Waals surface area (Å²) >= 11 is 5.89. The summed E-state index contributed by atoms with van der Waals surface area (Å²) in [6, 6.07) is 6.21. The first kappa shape index (κ1) is 17.7. The second-order valence-corrected chi connectivity index (χ2v) is 7.45. The van der Waals surface area contributed by atoms with Crippen molar-refractivity contribution in [2.24, 2.45) is 5.92 Å². The van der Waals surface area contributed by atoms with Gasteiger partial charge in [0.15, 0.2) is 0 Å². The molecular formula is C18H22ClN3O3. The largest absolute Gasteiger partial charge is 0.341 e. The molecule has 1 aromatic rings. The minimum atomic E-state index is -1.18. The number of amides is 4. The zero-order valence-electron chi connectivity index (χ0n) is 14.4. The number of benzene rings is 1. The van der Waals surface area contributed by atoms with Gasteiger partial charge in [-0.3, -0.25) is 14.5 Å². The lowest BCUT2D eigenvalue weighted by Gasteiger charge is -2.31. The van der Waals surface area contributed by atoms with E-state index in [0.717, 1.165) is 17.7 Å². The zero-order chi connectivity index (χ0) is 18.2. The van der Waals surface area contributed by atoms with Crippen molar-refractivity contribution < 1.29 is 14.4 Å². The maximum atomic E-state index is 12.8. The molecule has 25 heavy (non-hydrogen) atoms. The predicted octanol–water partition coefficient (Wildman–Crippen LogP) is 2.37. The van der Waals surface area contributed by atoms with Crippen LogP contribution in [0.2, 0.25) is 5.02 Å². The van der Waals surface area contributed by atoms with Gasteiger partial charge in [0, 0.05) is 18.1 Å². The lowest BCUT2D eigenvalue weighted by Crippen LogP contribution is -2.46. The van der Waals surface area contributed by atoms with E-state index in [0.29, 0.717) is 29.6 Å². The highest BCUT2D eigenvalue weighted by Crippen LogP contribution is 2.29. The van der Waals surface area contributed by atoms with Crippen LogP contribution in [0.5, 0.6) is 0 Å². The minimum Gasteiger partial charge on any atom is -0.341 e. The van der Waals surface area contributed by atoms with Crippen LogP contribution in [-0.4, -0.2) is 47.3 Å². The van der Waals surface area contributed by atoms with E-state index in [9.17, 15) is 14.4 Å². The quantitative estimate of drug-likeness (QED) is 0.838. The molecule has 4 amide bonds. The average Bonchev–Trinajstić information content (AvgIpc) is 2.80. The monoisotopic (exact) mass is 363 g/mol. The van der Waals surface area contributed by atoms with Crippen LogP contribution in [0.25, 0.3) is 0 Å². The molecule has 7 heteroatoms. The molecular weight excluding hydrogens is 342 g/mol. The first-order valence-corrected chi connectivity index (χ1v) is 8.87. The van der Waals surface area contributed by atoms with Crippen molar-refractivity contribution in [3.05, 3.63) is 34.9 Å². The topological polar surface area (TPSA) is 69.7 Å². The molecule has 0 unspecified atom stereocenters. The molecule has 1 aromatic carbocycles. The summed E-state index contributed by atoms with van der Waals surface area (Å²) in [6.07, 6.45) is 1.91. The summed E-state index contributed by atoms with van der Waals surface area (Å²) in [4.78, 5) is 40.4. The molecule has 1 atom stereocenters. The molecule has 0 saturated carbocycles. The summed E-state index contributed by atoms with van der Waals surface area (Å²) in [6.45, 7) is 4.94. The van der Waals surface area contributed by atoms with Crippen molar-refractivity contribution in [3.8, 4) is 0 Å². The van der Waals surface area contributed by atoms with Crippen LogP contribution in [0.4, 0.5) is 4.79 Å². The number of rotatable bonds is 3. The lowest BCUT2D eigenvalue weighted by molar-refractivity contribution is -0.139. The molecule has 2 aliphatic heterocycles. The fourth-order valence-corrected chi connectivity index (χ4v) is 3.44. The Balaban J connectivity index is 1.73. The summed E-state index contributed by atoms with van der Waals surface area (Å²) in [5, 5.41) is 3.26. The second-order valence-electron chi connectivity index (χ2n) is 7.02. The van der Waals surface area contributed by atoms with Crippen molar-refractivity contribution >= 4 is 29.4 Å². The average molecular weight is 364 g/mol. The van der Waals surface area contributed by atoms with E-state index >= 15 is 0 Å². The number of nitrogens with one attached hydrogen (secondary N) is 1. The molecule has 0 spiro atoms. The molecule has 0 radical (unpaired) electrons. The smallest absolute Gasteiger partial charge is 0.325 e. The number of halogens is 1. The Kier molecular flexibility index (Phi) is 4.73. The molecule has 0 aromatic heterocycles. The number of piperidine rings is 1. The van der Waals surface area contributed by atoms with E-state index in [-0.39, 0.29) is 12.5 Å². The number of hydrogen-bond acceptors (Lipinski definition) is 3. The molecule has 2 heterocycles. The maximum Gasteiger partial charge on any atom is 0.325 e. The van der Waals surface area contributed by atoms with Crippen molar-refractivity contribution in [2.45, 2.75) is 32.2 Å². The Morgan fingerprint density at radius 3 is 2.44 bits per heavy atom. The Bertz CT molecular complexity index is 698. The second kappa shape index (κ2) is 6.67. The summed E-state index contributed by atoms with van der Waals surface area (Å²) in [5.41, 5.74) is -0.546. The number of imide groups is 1. The first-order chi connectivity index (χ1) is 11.8. The van der Waals surface area contributed by atoms with Gasteiger partial charge in [0.25, 0.3) is 5.91 Å². The maximum absolute atomic E-state index is 12.8. The summed E-state index contributed by atoms with van der Waals surface area (Å²) in [5.74, 6) is 0.00303. The number of urea groups is 1. The predicted molar refractivity (Wildman–Crippen MR) is 94.0 cm³/mol. The third kappa shape index (κ3) is 3.35. The standard InChI is InChI=1S/C18H22ClN3O3/c1-12-7-9-21(10-8-12)15(23)11-22-16(24)18(2,20-17(22)25)13-3-5-14(19)6-4-13/h3-6,12H,7-11H2,1-2H3,(H,20,25)/t18-/m0/s1. The fraction of sp³-hybridized carbons (Fsp3) is 0.500. The summed E-state index contributed by atoms with van der Waals surface area (Å²) < 4.78 is 0. The lowest BCUT2D eigenvalue weighted by atomic mass is 9.92. The van der Waals surface area contributed by atoms with Crippen LogP contribution >= 0.6 is 11.6 Å². The fourth-order valence-electron chi connectivity index (χ4n) is 3.31. The van der Waals surface area contributed by atoms with Gasteiger partial charge in [-0.15, -0.1) is 0 Å². The molecule has 2 saturated heterocycles. The summed E-state index contributed by atoms with van der Waals surface area (Å²) in [7, 11) is 0. The van der Waals surface area contributed by atoms with Crippen molar-refractivity contribution in [1.82, 2.24) is 15.1 Å². The van der Waals surface area contributed by atoms with Crippen molar-refractivity contribution in [1.29, 1.82) is 0 Å². The first-order valence-electron chi connectivity index (χ1n) is 8.49. The highest BCUT2D eigenvalue weighted by Gasteiger charge is 2.49. The van der Waals surface area contributed by atoms with E-state index in [4.69, 9.17) is 11.6 Å². The van der Waals surface area contributed by atoms with Gasteiger partial charge in [0.2, 0.25) is 5.91 Å². The molecule has 2 aliphatic rings. The molecule has 0 bridgehead atoms. The third-order valence-corrected chi connectivity index (χ3v) is 5.38. The Morgan fingerprint density at radius 2 is 1.84 bits per heavy atom. The number of carbonyl (C=O) groups excluding carboxylic acids is 3. The van der Waals surface area contributed by atoms with Gasteiger partial charge in [-0.05, 0) is 43.4 Å². The van der Waals surface area contributed by atoms with Gasteiger partial charge in [0.05, 0.1) is 0 Å². The van der Waals surface area contributed by atoms with Crippen LogP contribution in [0.15, 0.2) is 24.3 Å². The van der Waals surface area contributed by atoms with E-state index in [1.165, 1.54) is 0 Å².